The summed E-state index contributed by atoms with van der Waals surface area (Å²) in [6.07, 6.45) is 5.05. The van der Waals surface area contributed by atoms with E-state index >= 15 is 0 Å². The van der Waals surface area contributed by atoms with Crippen LogP contribution in [0.15, 0.2) is 53.9 Å². The maximum Gasteiger partial charge on any atom is 0.255 e. The maximum absolute atomic E-state index is 12.8. The van der Waals surface area contributed by atoms with E-state index in [2.05, 4.69) is 5.32 Å². The van der Waals surface area contributed by atoms with E-state index in [-0.39, 0.29) is 17.7 Å². The lowest BCUT2D eigenvalue weighted by molar-refractivity contribution is 0.0944. The number of amides is 1. The van der Waals surface area contributed by atoms with E-state index in [0.29, 0.717) is 35.5 Å². The van der Waals surface area contributed by atoms with Crippen LogP contribution < -0.4 is 10.1 Å². The Hall–Kier alpha value is -2.53. The van der Waals surface area contributed by atoms with Gasteiger partial charge in [-0.15, -0.1) is 11.8 Å². The van der Waals surface area contributed by atoms with Crippen LogP contribution in [0.3, 0.4) is 0 Å². The lowest BCUT2D eigenvalue weighted by Gasteiger charge is -2.15. The van der Waals surface area contributed by atoms with Crippen molar-refractivity contribution in [1.29, 1.82) is 0 Å². The smallest absolute Gasteiger partial charge is 0.255 e. The van der Waals surface area contributed by atoms with Crippen molar-refractivity contribution in [3.05, 3.63) is 70.6 Å². The molecule has 3 rings (SSSR count). The normalized spacial score (nSPS) is 14.3. The second-order valence-electron chi connectivity index (χ2n) is 6.17. The number of fused-ring (bicyclic) bond motifs is 1. The summed E-state index contributed by atoms with van der Waals surface area (Å²) < 4.78 is 5.96. The Balaban J connectivity index is 1.93. The van der Waals surface area contributed by atoms with Crippen LogP contribution in [-0.2, 0) is 6.42 Å². The molecule has 1 amide bonds. The van der Waals surface area contributed by atoms with Crippen molar-refractivity contribution >= 4 is 23.5 Å². The van der Waals surface area contributed by atoms with Gasteiger partial charge in [-0.3, -0.25) is 9.59 Å². The molecule has 1 aliphatic carbocycles. The Labute approximate surface area is 157 Å². The summed E-state index contributed by atoms with van der Waals surface area (Å²) in [5, 5.41) is 4.86. The fraction of sp³-hybridized carbons (Fsp3) is 0.238. The van der Waals surface area contributed by atoms with Gasteiger partial charge in [0.15, 0.2) is 5.78 Å². The summed E-state index contributed by atoms with van der Waals surface area (Å²) in [4.78, 5) is 24.9. The number of thioether (sulfide) groups is 1. The Morgan fingerprint density at radius 3 is 2.73 bits per heavy atom. The topological polar surface area (TPSA) is 55.4 Å². The molecule has 1 aliphatic rings. The highest BCUT2D eigenvalue weighted by Crippen LogP contribution is 2.33. The number of ketones is 1. The molecule has 0 bridgehead atoms. The predicted octanol–water partition coefficient (Wildman–Crippen LogP) is 4.60. The zero-order valence-electron chi connectivity index (χ0n) is 14.8. The molecule has 0 radical (unpaired) electrons. The minimum atomic E-state index is -0.253. The molecule has 5 heteroatoms. The molecule has 1 unspecified atom stereocenters. The molecule has 0 saturated heterocycles. The standard InChI is InChI=1S/C21H21NO3S/c1-14(10-11-26-2)22-21(24)18-13-17-15(8-9-19(17)23)12-20(18)25-16-6-4-3-5-7-16/h3-7,10-14H,8-9H2,1-2H3,(H,22,24)/b11-10+. The summed E-state index contributed by atoms with van der Waals surface area (Å²) >= 11 is 1.57. The van der Waals surface area contributed by atoms with E-state index in [1.807, 2.05) is 61.1 Å². The van der Waals surface area contributed by atoms with Crippen LogP contribution in [0.4, 0.5) is 0 Å². The zero-order valence-corrected chi connectivity index (χ0v) is 15.6. The van der Waals surface area contributed by atoms with Crippen LogP contribution in [0.5, 0.6) is 11.5 Å². The second-order valence-corrected chi connectivity index (χ2v) is 6.91. The summed E-state index contributed by atoms with van der Waals surface area (Å²) in [6.45, 7) is 1.90. The molecule has 0 aliphatic heterocycles. The van der Waals surface area contributed by atoms with Gasteiger partial charge in [-0.2, -0.15) is 0 Å². The average molecular weight is 367 g/mol. The SMILES string of the molecule is CS/C=C/C(C)NC(=O)c1cc2c(cc1Oc1ccccc1)CCC2=O. The summed E-state index contributed by atoms with van der Waals surface area (Å²) in [5.41, 5.74) is 1.95. The van der Waals surface area contributed by atoms with Crippen molar-refractivity contribution in [2.24, 2.45) is 0 Å². The molecular weight excluding hydrogens is 346 g/mol. The number of Topliss-reactive ketones (excluding diaryl/α,β-unsaturated/α-hetero) is 1. The molecule has 0 saturated carbocycles. The Morgan fingerprint density at radius 2 is 2.00 bits per heavy atom. The highest BCUT2D eigenvalue weighted by Gasteiger charge is 2.25. The first-order valence-electron chi connectivity index (χ1n) is 8.52. The first kappa shape index (κ1) is 18.3. The van der Waals surface area contributed by atoms with E-state index in [1.165, 1.54) is 0 Å². The monoisotopic (exact) mass is 367 g/mol. The number of aryl methyl sites for hydroxylation is 1. The molecule has 0 fully saturated rings. The van der Waals surface area contributed by atoms with Gasteiger partial charge in [0.25, 0.3) is 5.91 Å². The lowest BCUT2D eigenvalue weighted by atomic mass is 10.0. The van der Waals surface area contributed by atoms with E-state index in [9.17, 15) is 9.59 Å². The minimum Gasteiger partial charge on any atom is -0.457 e. The number of hydrogen-bond donors (Lipinski definition) is 1. The lowest BCUT2D eigenvalue weighted by Crippen LogP contribution is -2.31. The third kappa shape index (κ3) is 4.17. The molecule has 134 valence electrons. The van der Waals surface area contributed by atoms with Crippen molar-refractivity contribution in [2.45, 2.75) is 25.8 Å². The van der Waals surface area contributed by atoms with E-state index < -0.39 is 0 Å². The number of para-hydroxylation sites is 1. The number of ether oxygens (including phenoxy) is 1. The van der Waals surface area contributed by atoms with Crippen LogP contribution >= 0.6 is 11.8 Å². The first-order chi connectivity index (χ1) is 12.6. The van der Waals surface area contributed by atoms with Gasteiger partial charge < -0.3 is 10.1 Å². The largest absolute Gasteiger partial charge is 0.457 e. The molecule has 2 aromatic carbocycles. The summed E-state index contributed by atoms with van der Waals surface area (Å²) in [6, 6.07) is 12.7. The molecule has 0 aromatic heterocycles. The molecule has 2 aromatic rings. The fourth-order valence-electron chi connectivity index (χ4n) is 2.88. The Morgan fingerprint density at radius 1 is 1.23 bits per heavy atom. The maximum atomic E-state index is 12.8. The highest BCUT2D eigenvalue weighted by atomic mass is 32.2. The molecule has 1 N–H and O–H groups in total. The van der Waals surface area contributed by atoms with Crippen molar-refractivity contribution in [1.82, 2.24) is 5.32 Å². The van der Waals surface area contributed by atoms with Gasteiger partial charge >= 0.3 is 0 Å². The fourth-order valence-corrected chi connectivity index (χ4v) is 3.27. The number of carbonyl (C=O) groups is 2. The molecule has 26 heavy (non-hydrogen) atoms. The highest BCUT2D eigenvalue weighted by molar-refractivity contribution is 8.01. The third-order valence-corrected chi connectivity index (χ3v) is 4.63. The number of carbonyl (C=O) groups excluding carboxylic acids is 2. The summed E-state index contributed by atoms with van der Waals surface area (Å²) in [7, 11) is 0. The van der Waals surface area contributed by atoms with Crippen molar-refractivity contribution in [2.75, 3.05) is 6.26 Å². The molecule has 0 heterocycles. The Bertz CT molecular complexity index is 846. The molecule has 1 atom stereocenters. The van der Waals surface area contributed by atoms with Gasteiger partial charge in [0.2, 0.25) is 0 Å². The average Bonchev–Trinajstić information content (AvgIpc) is 3.00. The quantitative estimate of drug-likeness (QED) is 0.810. The Kier molecular flexibility index (Phi) is 5.78. The number of hydrogen-bond acceptors (Lipinski definition) is 4. The van der Waals surface area contributed by atoms with E-state index in [1.54, 1.807) is 17.8 Å². The summed E-state index contributed by atoms with van der Waals surface area (Å²) in [5.74, 6) is 0.955. The number of benzene rings is 2. The van der Waals surface area contributed by atoms with Crippen molar-refractivity contribution in [3.8, 4) is 11.5 Å². The van der Waals surface area contributed by atoms with Gasteiger partial charge in [0.1, 0.15) is 11.5 Å². The molecular formula is C21H21NO3S. The van der Waals surface area contributed by atoms with E-state index in [0.717, 1.165) is 5.56 Å². The minimum absolute atomic E-state index is 0.0793. The van der Waals surface area contributed by atoms with Crippen LogP contribution in [-0.4, -0.2) is 24.0 Å². The molecule has 4 nitrogen and oxygen atoms in total. The second kappa shape index (κ2) is 8.23. The van der Waals surface area contributed by atoms with Crippen LogP contribution in [0, 0.1) is 0 Å². The third-order valence-electron chi connectivity index (χ3n) is 4.20. The van der Waals surface area contributed by atoms with Gasteiger partial charge in [-0.05, 0) is 54.8 Å². The number of nitrogens with one attached hydrogen (secondary N) is 1. The van der Waals surface area contributed by atoms with Crippen molar-refractivity contribution < 1.29 is 14.3 Å². The van der Waals surface area contributed by atoms with Crippen molar-refractivity contribution in [3.63, 3.8) is 0 Å². The van der Waals surface area contributed by atoms with Crippen LogP contribution in [0.1, 0.15) is 39.6 Å². The van der Waals surface area contributed by atoms with Crippen LogP contribution in [0.25, 0.3) is 0 Å². The van der Waals surface area contributed by atoms with Gasteiger partial charge in [0, 0.05) is 18.0 Å². The zero-order chi connectivity index (χ0) is 18.5. The van der Waals surface area contributed by atoms with Crippen LogP contribution in [0.2, 0.25) is 0 Å². The van der Waals surface area contributed by atoms with Gasteiger partial charge in [-0.25, -0.2) is 0 Å². The van der Waals surface area contributed by atoms with E-state index in [4.69, 9.17) is 4.74 Å². The van der Waals surface area contributed by atoms with Gasteiger partial charge in [-0.1, -0.05) is 24.3 Å². The predicted molar refractivity (Wildman–Crippen MR) is 105 cm³/mol. The van der Waals surface area contributed by atoms with Gasteiger partial charge in [0.05, 0.1) is 5.56 Å². The molecule has 0 spiro atoms. The first-order valence-corrected chi connectivity index (χ1v) is 9.80. The number of rotatable bonds is 6.